The zero-order valence-electron chi connectivity index (χ0n) is 10.0. The Kier molecular flexibility index (Phi) is 4.86. The highest BCUT2D eigenvalue weighted by atomic mass is 16.4. The molecule has 96 valence electrons. The summed E-state index contributed by atoms with van der Waals surface area (Å²) in [4.78, 5) is 26.4. The first kappa shape index (κ1) is 13.7. The maximum atomic E-state index is 11.5. The lowest BCUT2D eigenvalue weighted by atomic mass is 10.2. The third kappa shape index (κ3) is 4.25. The molecule has 2 amide bonds. The number of amides is 2. The van der Waals surface area contributed by atoms with E-state index in [-0.39, 0.29) is 6.42 Å². The van der Waals surface area contributed by atoms with E-state index < -0.39 is 18.0 Å². The third-order valence-electron chi connectivity index (χ3n) is 2.18. The van der Waals surface area contributed by atoms with E-state index in [1.54, 1.807) is 12.1 Å². The van der Waals surface area contributed by atoms with Crippen molar-refractivity contribution < 1.29 is 14.7 Å². The number of carboxylic acid groups (broad SMARTS) is 1. The molecule has 1 aromatic heterocycles. The zero-order valence-corrected chi connectivity index (χ0v) is 10.0. The molecule has 0 aromatic carbocycles. The number of urea groups is 1. The Balaban J connectivity index is 2.57. The molecule has 1 rings (SSSR count). The van der Waals surface area contributed by atoms with Crippen LogP contribution in [-0.2, 0) is 4.79 Å². The lowest BCUT2D eigenvalue weighted by molar-refractivity contribution is -0.139. The number of hydrogen-bond donors (Lipinski definition) is 3. The summed E-state index contributed by atoms with van der Waals surface area (Å²) in [5.74, 6) is -1.10. The van der Waals surface area contributed by atoms with Crippen LogP contribution in [0.5, 0.6) is 0 Å². The van der Waals surface area contributed by atoms with Crippen LogP contribution >= 0.6 is 0 Å². The fourth-order valence-corrected chi connectivity index (χ4v) is 1.26. The molecule has 0 radical (unpaired) electrons. The summed E-state index contributed by atoms with van der Waals surface area (Å²) >= 11 is 0. The normalized spacial score (nSPS) is 11.4. The van der Waals surface area contributed by atoms with Gasteiger partial charge in [-0.2, -0.15) is 0 Å². The van der Waals surface area contributed by atoms with Crippen molar-refractivity contribution in [2.45, 2.75) is 19.4 Å². The molecule has 0 fully saturated rings. The lowest BCUT2D eigenvalue weighted by Crippen LogP contribution is -2.42. The Morgan fingerprint density at radius 2 is 2.28 bits per heavy atom. The number of pyridine rings is 1. The van der Waals surface area contributed by atoms with Gasteiger partial charge in [-0.05, 0) is 25.5 Å². The van der Waals surface area contributed by atoms with Crippen LogP contribution in [0.2, 0.25) is 0 Å². The van der Waals surface area contributed by atoms with Crippen LogP contribution in [0, 0.1) is 6.92 Å². The zero-order chi connectivity index (χ0) is 13.5. The summed E-state index contributed by atoms with van der Waals surface area (Å²) < 4.78 is 0. The summed E-state index contributed by atoms with van der Waals surface area (Å²) in [6.07, 6.45) is 3.10. The van der Waals surface area contributed by atoms with Crippen molar-refractivity contribution in [1.29, 1.82) is 0 Å². The quantitative estimate of drug-likeness (QED) is 0.690. The second-order valence-corrected chi connectivity index (χ2v) is 3.70. The molecule has 1 atom stereocenters. The average Bonchev–Trinajstić information content (AvgIpc) is 2.31. The largest absolute Gasteiger partial charge is 0.480 e. The summed E-state index contributed by atoms with van der Waals surface area (Å²) in [6.45, 7) is 5.27. The molecule has 0 saturated carbocycles. The maximum absolute atomic E-state index is 11.5. The number of carboxylic acids is 1. The van der Waals surface area contributed by atoms with E-state index in [1.165, 1.54) is 12.3 Å². The van der Waals surface area contributed by atoms with Crippen LogP contribution in [0.3, 0.4) is 0 Å². The van der Waals surface area contributed by atoms with Gasteiger partial charge in [-0.15, -0.1) is 6.58 Å². The van der Waals surface area contributed by atoms with E-state index in [1.807, 2.05) is 6.92 Å². The van der Waals surface area contributed by atoms with E-state index >= 15 is 0 Å². The number of nitrogens with zero attached hydrogens (tertiary/aromatic N) is 1. The van der Waals surface area contributed by atoms with Gasteiger partial charge in [0.05, 0.1) is 11.9 Å². The Bertz CT molecular complexity index is 442. The number of rotatable bonds is 5. The van der Waals surface area contributed by atoms with Gasteiger partial charge < -0.3 is 15.7 Å². The standard InChI is InChI=1S/C12H15N3O3/c1-3-4-10(11(16)17)15-12(18)14-9-6-5-8(2)13-7-9/h3,5-7,10H,1,4H2,2H3,(H,16,17)(H2,14,15,18). The molecule has 0 bridgehead atoms. The summed E-state index contributed by atoms with van der Waals surface area (Å²) in [7, 11) is 0. The molecule has 0 aliphatic carbocycles. The topological polar surface area (TPSA) is 91.3 Å². The highest BCUT2D eigenvalue weighted by molar-refractivity contribution is 5.92. The Morgan fingerprint density at radius 3 is 2.78 bits per heavy atom. The fraction of sp³-hybridized carbons (Fsp3) is 0.250. The van der Waals surface area contributed by atoms with Crippen LogP contribution in [0.15, 0.2) is 31.0 Å². The van der Waals surface area contributed by atoms with E-state index in [0.29, 0.717) is 5.69 Å². The van der Waals surface area contributed by atoms with Crippen LogP contribution in [0.4, 0.5) is 10.5 Å². The highest BCUT2D eigenvalue weighted by Crippen LogP contribution is 2.05. The van der Waals surface area contributed by atoms with Crippen molar-refractivity contribution in [2.24, 2.45) is 0 Å². The molecule has 0 spiro atoms. The van der Waals surface area contributed by atoms with E-state index in [2.05, 4.69) is 22.2 Å². The molecule has 1 unspecified atom stereocenters. The maximum Gasteiger partial charge on any atom is 0.326 e. The van der Waals surface area contributed by atoms with Gasteiger partial charge in [0.25, 0.3) is 0 Å². The number of nitrogens with one attached hydrogen (secondary N) is 2. The van der Waals surface area contributed by atoms with Crippen molar-refractivity contribution in [1.82, 2.24) is 10.3 Å². The molecule has 1 heterocycles. The van der Waals surface area contributed by atoms with Gasteiger partial charge in [0.1, 0.15) is 6.04 Å². The molecule has 6 heteroatoms. The Morgan fingerprint density at radius 1 is 1.56 bits per heavy atom. The van der Waals surface area contributed by atoms with Gasteiger partial charge in [-0.3, -0.25) is 4.98 Å². The number of anilines is 1. The summed E-state index contributed by atoms with van der Waals surface area (Å²) in [5.41, 5.74) is 1.33. The number of carbonyl (C=O) groups excluding carboxylic acids is 1. The first-order chi connectivity index (χ1) is 8.52. The second kappa shape index (κ2) is 6.39. The molecular weight excluding hydrogens is 234 g/mol. The summed E-state index contributed by atoms with van der Waals surface area (Å²) in [6, 6.07) is 1.86. The van der Waals surface area contributed by atoms with Gasteiger partial charge in [-0.25, -0.2) is 9.59 Å². The first-order valence-corrected chi connectivity index (χ1v) is 5.37. The number of carbonyl (C=O) groups is 2. The monoisotopic (exact) mass is 249 g/mol. The summed E-state index contributed by atoms with van der Waals surface area (Å²) in [5, 5.41) is 13.7. The minimum Gasteiger partial charge on any atom is -0.480 e. The van der Waals surface area contributed by atoms with Crippen molar-refractivity contribution in [3.63, 3.8) is 0 Å². The van der Waals surface area contributed by atoms with Gasteiger partial charge in [0.2, 0.25) is 0 Å². The molecular formula is C12H15N3O3. The van der Waals surface area contributed by atoms with Crippen molar-refractivity contribution in [2.75, 3.05) is 5.32 Å². The van der Waals surface area contributed by atoms with Crippen LogP contribution in [0.25, 0.3) is 0 Å². The van der Waals surface area contributed by atoms with Crippen LogP contribution < -0.4 is 10.6 Å². The van der Waals surface area contributed by atoms with Gasteiger partial charge >= 0.3 is 12.0 Å². The molecule has 1 aromatic rings. The van der Waals surface area contributed by atoms with Gasteiger partial charge in [0.15, 0.2) is 0 Å². The molecule has 0 aliphatic heterocycles. The van der Waals surface area contributed by atoms with E-state index in [4.69, 9.17) is 5.11 Å². The van der Waals surface area contributed by atoms with Gasteiger partial charge in [0, 0.05) is 5.69 Å². The highest BCUT2D eigenvalue weighted by Gasteiger charge is 2.18. The predicted octanol–water partition coefficient (Wildman–Crippen LogP) is 1.54. The molecule has 18 heavy (non-hydrogen) atoms. The smallest absolute Gasteiger partial charge is 0.326 e. The minimum atomic E-state index is -1.10. The van der Waals surface area contributed by atoms with Crippen LogP contribution in [0.1, 0.15) is 12.1 Å². The van der Waals surface area contributed by atoms with Crippen molar-refractivity contribution >= 4 is 17.7 Å². The number of aryl methyl sites for hydroxylation is 1. The SMILES string of the molecule is C=CCC(NC(=O)Nc1ccc(C)nc1)C(=O)O. The number of aliphatic carboxylic acids is 1. The molecule has 0 saturated heterocycles. The van der Waals surface area contributed by atoms with Gasteiger partial charge in [-0.1, -0.05) is 6.08 Å². The fourth-order valence-electron chi connectivity index (χ4n) is 1.26. The van der Waals surface area contributed by atoms with E-state index in [0.717, 1.165) is 5.69 Å². The molecule has 6 nitrogen and oxygen atoms in total. The Hall–Kier alpha value is -2.37. The van der Waals surface area contributed by atoms with E-state index in [9.17, 15) is 9.59 Å². The predicted molar refractivity (Wildman–Crippen MR) is 67.4 cm³/mol. The molecule has 3 N–H and O–H groups in total. The third-order valence-corrected chi connectivity index (χ3v) is 2.18. The first-order valence-electron chi connectivity index (χ1n) is 5.37. The lowest BCUT2D eigenvalue weighted by Gasteiger charge is -2.13. The average molecular weight is 249 g/mol. The molecule has 0 aliphatic rings. The Labute approximate surface area is 105 Å². The van der Waals surface area contributed by atoms with Crippen LogP contribution in [-0.4, -0.2) is 28.1 Å². The van der Waals surface area contributed by atoms with Crippen molar-refractivity contribution in [3.05, 3.63) is 36.7 Å². The second-order valence-electron chi connectivity index (χ2n) is 3.70. The number of hydrogen-bond acceptors (Lipinski definition) is 3. The number of aromatic nitrogens is 1. The minimum absolute atomic E-state index is 0.162. The van der Waals surface area contributed by atoms with Crippen molar-refractivity contribution in [3.8, 4) is 0 Å².